The number of anilines is 10. The summed E-state index contributed by atoms with van der Waals surface area (Å²) < 4.78 is 139. The van der Waals surface area contributed by atoms with Gasteiger partial charge in [-0.25, -0.2) is 0 Å². The molecule has 12 N–H and O–H groups in total. The molecule has 0 aliphatic carbocycles. The number of nitrogens with zero attached hydrogens (tertiary/aromatic N) is 8. The van der Waals surface area contributed by atoms with Crippen molar-refractivity contribution in [3.63, 3.8) is 0 Å². The van der Waals surface area contributed by atoms with E-state index in [0.717, 1.165) is 48.6 Å². The molecule has 6 aromatic rings. The van der Waals surface area contributed by atoms with Gasteiger partial charge in [0.05, 0.1) is 34.2 Å². The van der Waals surface area contributed by atoms with Gasteiger partial charge in [0.2, 0.25) is 35.7 Å². The van der Waals surface area contributed by atoms with Crippen molar-refractivity contribution >= 4 is 111 Å². The molecular formula is C44H53N12NaO16S4. The molecule has 2 aromatic heterocycles. The Kier molecular flexibility index (Phi) is 20.5. The van der Waals surface area contributed by atoms with E-state index >= 15 is 0 Å². The van der Waals surface area contributed by atoms with Gasteiger partial charge >= 0.3 is 29.6 Å². The molecule has 0 saturated heterocycles. The van der Waals surface area contributed by atoms with Gasteiger partial charge in [-0.2, -0.15) is 63.6 Å². The minimum atomic E-state index is -5.06. The van der Waals surface area contributed by atoms with Gasteiger partial charge in [-0.05, 0) is 99.5 Å². The average Bonchev–Trinajstić information content (AvgIpc) is 3.29. The zero-order chi connectivity index (χ0) is 55.9. The monoisotopic (exact) mass is 1160 g/mol. The second-order valence-corrected chi connectivity index (χ2v) is 22.7. The first-order valence-corrected chi connectivity index (χ1v) is 28.0. The Morgan fingerprint density at radius 1 is 0.442 bits per heavy atom. The fourth-order valence-electron chi connectivity index (χ4n) is 7.10. The Balaban J connectivity index is 0.00000656. The quantitative estimate of drug-likeness (QED) is 0.0222. The Bertz CT molecular complexity index is 3340. The van der Waals surface area contributed by atoms with Crippen molar-refractivity contribution < 1.29 is 103 Å². The molecule has 6 rings (SSSR count). The first-order valence-electron chi connectivity index (χ1n) is 22.3. The molecule has 0 amide bonds. The summed E-state index contributed by atoms with van der Waals surface area (Å²) in [5.74, 6) is -1.21. The van der Waals surface area contributed by atoms with Crippen LogP contribution in [0.5, 0.6) is 0 Å². The number of hydrogen-bond acceptors (Lipinski definition) is 24. The van der Waals surface area contributed by atoms with E-state index in [9.17, 15) is 72.3 Å². The molecule has 4 aromatic carbocycles. The molecule has 0 spiro atoms. The molecular weight excluding hydrogens is 1100 g/mol. The van der Waals surface area contributed by atoms with Crippen LogP contribution in [0, 0.1) is 0 Å². The van der Waals surface area contributed by atoms with Gasteiger partial charge < -0.3 is 52.9 Å². The number of nitrogens with one attached hydrogen (secondary N) is 4. The van der Waals surface area contributed by atoms with Crippen LogP contribution in [0.2, 0.25) is 0 Å². The van der Waals surface area contributed by atoms with Gasteiger partial charge in [-0.15, -0.1) is 0 Å². The van der Waals surface area contributed by atoms with Crippen LogP contribution in [0.1, 0.15) is 40.2 Å². The van der Waals surface area contributed by atoms with Gasteiger partial charge in [-0.1, -0.05) is 36.4 Å². The van der Waals surface area contributed by atoms with Gasteiger partial charge in [0.15, 0.2) is 0 Å². The van der Waals surface area contributed by atoms with Crippen molar-refractivity contribution in [2.75, 3.05) is 57.2 Å². The largest absolute Gasteiger partial charge is 1.00 e. The summed E-state index contributed by atoms with van der Waals surface area (Å²) in [6.45, 7) is 5.54. The van der Waals surface area contributed by atoms with E-state index in [1.165, 1.54) is 86.0 Å². The third-order valence-electron chi connectivity index (χ3n) is 10.1. The van der Waals surface area contributed by atoms with Crippen molar-refractivity contribution in [2.24, 2.45) is 0 Å². The number of aromatic nitrogens is 6. The summed E-state index contributed by atoms with van der Waals surface area (Å²) in [4.78, 5) is 26.5. The second-order valence-electron chi connectivity index (χ2n) is 17.1. The van der Waals surface area contributed by atoms with Crippen LogP contribution in [0.4, 0.5) is 58.4 Å². The molecule has 33 heteroatoms. The van der Waals surface area contributed by atoms with E-state index in [2.05, 4.69) is 51.2 Å². The van der Waals surface area contributed by atoms with Crippen LogP contribution in [0.25, 0.3) is 12.2 Å². The van der Waals surface area contributed by atoms with E-state index in [0.29, 0.717) is 0 Å². The smallest absolute Gasteiger partial charge is 1.00 e. The number of aliphatic hydroxyl groups excluding tert-OH is 4. The topological polar surface area (TPSA) is 430 Å². The summed E-state index contributed by atoms with van der Waals surface area (Å²) in [6, 6.07) is 17.1. The summed E-state index contributed by atoms with van der Waals surface area (Å²) in [5, 5.41) is 52.2. The zero-order valence-corrected chi connectivity index (χ0v) is 46.7. The molecule has 77 heavy (non-hydrogen) atoms. The fraction of sp³-hybridized carbons (Fsp3) is 0.273. The fourth-order valence-corrected chi connectivity index (χ4v) is 9.57. The molecule has 2 heterocycles. The first kappa shape index (κ1) is 61.8. The normalized spacial score (nSPS) is 13.7. The van der Waals surface area contributed by atoms with E-state index in [1.807, 2.05) is 0 Å². The van der Waals surface area contributed by atoms with E-state index in [-0.39, 0.29) is 127 Å². The van der Waals surface area contributed by atoms with Crippen molar-refractivity contribution in [3.8, 4) is 0 Å². The molecule has 4 atom stereocenters. The van der Waals surface area contributed by atoms with Crippen molar-refractivity contribution in [3.05, 3.63) is 96.1 Å². The number of benzene rings is 4. The Labute approximate surface area is 466 Å². The van der Waals surface area contributed by atoms with Crippen LogP contribution in [-0.4, -0.2) is 153 Å². The van der Waals surface area contributed by atoms with Gasteiger partial charge in [0.1, 0.15) is 9.79 Å². The molecule has 410 valence electrons. The van der Waals surface area contributed by atoms with Crippen molar-refractivity contribution in [1.82, 2.24) is 29.9 Å². The van der Waals surface area contributed by atoms with Crippen LogP contribution in [-0.2, 0) is 40.5 Å². The minimum absolute atomic E-state index is 0. The Hall–Kier alpha value is -6.08. The maximum Gasteiger partial charge on any atom is 1.00 e. The van der Waals surface area contributed by atoms with Crippen LogP contribution in [0.3, 0.4) is 0 Å². The summed E-state index contributed by atoms with van der Waals surface area (Å²) in [5.41, 5.74) is -0.265. The number of hydrogen-bond donors (Lipinski definition) is 12. The summed E-state index contributed by atoms with van der Waals surface area (Å²) >= 11 is 0. The number of aliphatic hydroxyl groups is 4. The standard InChI is InChI=1S/C44H52N12O16S4.Na.H/c1-25(57)21-55(22-26(2)58)43-51-39(45-31-7-5-9-35(17-31)73(61,62)63)49-41(53-43)47-33-15-13-29(37(19-33)75(67,68)69)11-12-30-14-16-34(20-38(30)76(70,71)72)48-42-50-40(46-32-8-6-10-36(18-32)74(64,65)66)52-44(54-42)56(23-27(3)59)24-28(4)60;;/h5-20,25-28,57-60H,21-24H2,1-4H3,(H,61,62,63)(H,64,65,66)(H,67,68,69)(H,70,71,72)(H2,45,47,49,51,53)(H2,46,48,50,52,54);;/q;+1;-1/b12-11+;;. The molecule has 0 bridgehead atoms. The maximum absolute atomic E-state index is 12.9. The summed E-state index contributed by atoms with van der Waals surface area (Å²) in [6.07, 6.45) is -1.57. The molecule has 0 aliphatic heterocycles. The molecule has 0 aliphatic rings. The van der Waals surface area contributed by atoms with Crippen LogP contribution in [0.15, 0.2) is 105 Å². The van der Waals surface area contributed by atoms with Crippen LogP contribution >= 0.6 is 0 Å². The van der Waals surface area contributed by atoms with Crippen LogP contribution < -0.4 is 60.6 Å². The molecule has 28 nitrogen and oxygen atoms in total. The SMILES string of the molecule is CC(O)CN(CC(C)O)c1nc(Nc2cccc(S(=O)(=O)O)c2)nc(Nc2ccc(/C=C/c3ccc(Nc4nc(Nc5cccc(S(=O)(=O)O)c5)nc(N(CC(C)O)CC(C)O)n4)cc3S(=O)(=O)O)c(S(=O)(=O)O)c2)n1.[H-].[Na+]. The van der Waals surface area contributed by atoms with E-state index in [1.54, 1.807) is 0 Å². The molecule has 0 radical (unpaired) electrons. The maximum atomic E-state index is 12.9. The average molecular weight is 1160 g/mol. The molecule has 0 saturated carbocycles. The Morgan fingerprint density at radius 2 is 0.727 bits per heavy atom. The summed E-state index contributed by atoms with van der Waals surface area (Å²) in [7, 11) is -19.4. The predicted molar refractivity (Wildman–Crippen MR) is 279 cm³/mol. The third kappa shape index (κ3) is 18.3. The third-order valence-corrected chi connectivity index (χ3v) is 13.6. The zero-order valence-electron chi connectivity index (χ0n) is 42.4. The van der Waals surface area contributed by atoms with Crippen molar-refractivity contribution in [1.29, 1.82) is 0 Å². The number of rotatable bonds is 24. The van der Waals surface area contributed by atoms with Gasteiger partial charge in [0.25, 0.3) is 40.5 Å². The minimum Gasteiger partial charge on any atom is -1.00 e. The molecule has 4 unspecified atom stereocenters. The Morgan fingerprint density at radius 3 is 0.987 bits per heavy atom. The van der Waals surface area contributed by atoms with Gasteiger partial charge in [-0.3, -0.25) is 18.2 Å². The van der Waals surface area contributed by atoms with Crippen molar-refractivity contribution in [2.45, 2.75) is 71.7 Å². The predicted octanol–water partition coefficient (Wildman–Crippen LogP) is 0.441. The van der Waals surface area contributed by atoms with Gasteiger partial charge in [0, 0.05) is 48.9 Å². The second kappa shape index (κ2) is 25.6. The van der Waals surface area contributed by atoms with E-state index < -0.39 is 84.5 Å². The molecule has 0 fully saturated rings. The van der Waals surface area contributed by atoms with E-state index in [4.69, 9.17) is 0 Å². The first-order chi connectivity index (χ1) is 35.4.